The summed E-state index contributed by atoms with van der Waals surface area (Å²) in [5.41, 5.74) is 3.10. The fourth-order valence-electron chi connectivity index (χ4n) is 2.31. The fourth-order valence-corrected chi connectivity index (χ4v) is 2.31. The van der Waals surface area contributed by atoms with Crippen molar-refractivity contribution in [3.05, 3.63) is 34.9 Å². The Kier molecular flexibility index (Phi) is 3.25. The van der Waals surface area contributed by atoms with E-state index in [9.17, 15) is 9.90 Å². The Morgan fingerprint density at radius 3 is 2.88 bits per heavy atom. The van der Waals surface area contributed by atoms with E-state index >= 15 is 0 Å². The van der Waals surface area contributed by atoms with Gasteiger partial charge in [0.15, 0.2) is 6.10 Å². The minimum absolute atomic E-state index is 0.584. The smallest absolute Gasteiger partial charge is 0.339 e. The van der Waals surface area contributed by atoms with Crippen LogP contribution in [0.3, 0.4) is 0 Å². The average Bonchev–Trinajstić information content (AvgIpc) is 2.36. The van der Waals surface area contributed by atoms with E-state index in [1.807, 2.05) is 12.1 Å². The lowest BCUT2D eigenvalue weighted by atomic mass is 9.86. The first-order valence-corrected chi connectivity index (χ1v) is 5.60. The SMILES string of the molecule is COC(=O)C(O)c1cccc2c1CCCC2. The third kappa shape index (κ3) is 1.95. The molecule has 16 heavy (non-hydrogen) atoms. The van der Waals surface area contributed by atoms with Gasteiger partial charge < -0.3 is 9.84 Å². The van der Waals surface area contributed by atoms with Crippen LogP contribution in [0.1, 0.15) is 35.6 Å². The second-order valence-corrected chi connectivity index (χ2v) is 4.12. The molecule has 0 spiro atoms. The number of methoxy groups -OCH3 is 1. The molecule has 1 N–H and O–H groups in total. The zero-order valence-corrected chi connectivity index (χ0v) is 9.40. The Balaban J connectivity index is 2.37. The quantitative estimate of drug-likeness (QED) is 0.773. The summed E-state index contributed by atoms with van der Waals surface area (Å²) in [5.74, 6) is -0.584. The number of hydrogen-bond acceptors (Lipinski definition) is 3. The lowest BCUT2D eigenvalue weighted by molar-refractivity contribution is -0.150. The van der Waals surface area contributed by atoms with Crippen molar-refractivity contribution in [1.29, 1.82) is 0 Å². The number of aryl methyl sites for hydroxylation is 1. The largest absolute Gasteiger partial charge is 0.467 e. The van der Waals surface area contributed by atoms with Crippen LogP contribution in [-0.2, 0) is 22.4 Å². The van der Waals surface area contributed by atoms with Crippen LogP contribution in [0, 0.1) is 0 Å². The molecular weight excluding hydrogens is 204 g/mol. The van der Waals surface area contributed by atoms with E-state index in [4.69, 9.17) is 0 Å². The molecule has 0 aromatic heterocycles. The molecule has 1 aromatic rings. The number of carbonyl (C=O) groups is 1. The molecule has 0 saturated heterocycles. The van der Waals surface area contributed by atoms with Crippen LogP contribution in [0.2, 0.25) is 0 Å². The summed E-state index contributed by atoms with van der Waals surface area (Å²) in [5, 5.41) is 9.87. The van der Waals surface area contributed by atoms with Gasteiger partial charge in [0.1, 0.15) is 0 Å². The number of fused-ring (bicyclic) bond motifs is 1. The van der Waals surface area contributed by atoms with Crippen molar-refractivity contribution < 1.29 is 14.6 Å². The molecule has 0 bridgehead atoms. The number of benzene rings is 1. The third-order valence-corrected chi connectivity index (χ3v) is 3.15. The molecule has 0 amide bonds. The molecule has 2 rings (SSSR count). The molecule has 86 valence electrons. The predicted octanol–water partition coefficient (Wildman–Crippen LogP) is 1.77. The van der Waals surface area contributed by atoms with Gasteiger partial charge in [0.25, 0.3) is 0 Å². The van der Waals surface area contributed by atoms with E-state index in [-0.39, 0.29) is 0 Å². The van der Waals surface area contributed by atoms with Gasteiger partial charge in [-0.25, -0.2) is 4.79 Å². The number of carbonyl (C=O) groups excluding carboxylic acids is 1. The van der Waals surface area contributed by atoms with Gasteiger partial charge in [0.05, 0.1) is 7.11 Å². The van der Waals surface area contributed by atoms with Gasteiger partial charge >= 0.3 is 5.97 Å². The van der Waals surface area contributed by atoms with Gasteiger partial charge in [-0.2, -0.15) is 0 Å². The van der Waals surface area contributed by atoms with Crippen LogP contribution in [0.4, 0.5) is 0 Å². The zero-order valence-electron chi connectivity index (χ0n) is 9.40. The van der Waals surface area contributed by atoms with Crippen molar-refractivity contribution in [2.75, 3.05) is 7.11 Å². The molecule has 0 saturated carbocycles. The molecule has 0 fully saturated rings. The first-order chi connectivity index (χ1) is 7.74. The molecule has 1 atom stereocenters. The summed E-state index contributed by atoms with van der Waals surface area (Å²) < 4.78 is 4.57. The van der Waals surface area contributed by atoms with Gasteiger partial charge in [-0.15, -0.1) is 0 Å². The number of hydrogen-bond donors (Lipinski definition) is 1. The topological polar surface area (TPSA) is 46.5 Å². The van der Waals surface area contributed by atoms with E-state index in [1.165, 1.54) is 19.1 Å². The lowest BCUT2D eigenvalue weighted by Gasteiger charge is -2.21. The highest BCUT2D eigenvalue weighted by atomic mass is 16.5. The van der Waals surface area contributed by atoms with Gasteiger partial charge in [-0.3, -0.25) is 0 Å². The second kappa shape index (κ2) is 4.66. The van der Waals surface area contributed by atoms with Crippen molar-refractivity contribution in [3.8, 4) is 0 Å². The standard InChI is InChI=1S/C13H16O3/c1-16-13(15)12(14)11-8-4-6-9-5-2-3-7-10(9)11/h4,6,8,12,14H,2-3,5,7H2,1H3. The van der Waals surface area contributed by atoms with Crippen LogP contribution in [0.15, 0.2) is 18.2 Å². The van der Waals surface area contributed by atoms with Crippen LogP contribution in [0.5, 0.6) is 0 Å². The lowest BCUT2D eigenvalue weighted by Crippen LogP contribution is -2.17. The highest BCUT2D eigenvalue weighted by molar-refractivity contribution is 5.76. The summed E-state index contributed by atoms with van der Waals surface area (Å²) in [6.07, 6.45) is 3.15. The fraction of sp³-hybridized carbons (Fsp3) is 0.462. The molecule has 3 nitrogen and oxygen atoms in total. The molecule has 0 radical (unpaired) electrons. The molecule has 1 aliphatic rings. The van der Waals surface area contributed by atoms with E-state index in [0.717, 1.165) is 24.8 Å². The average molecular weight is 220 g/mol. The number of aliphatic hydroxyl groups excluding tert-OH is 1. The van der Waals surface area contributed by atoms with E-state index in [1.54, 1.807) is 0 Å². The van der Waals surface area contributed by atoms with Gasteiger partial charge in [0.2, 0.25) is 0 Å². The zero-order chi connectivity index (χ0) is 11.5. The third-order valence-electron chi connectivity index (χ3n) is 3.15. The molecule has 3 heteroatoms. The molecule has 1 aromatic carbocycles. The Hall–Kier alpha value is -1.35. The maximum absolute atomic E-state index is 11.3. The summed E-state index contributed by atoms with van der Waals surface area (Å²) in [7, 11) is 1.29. The first kappa shape index (κ1) is 11.1. The van der Waals surface area contributed by atoms with Crippen LogP contribution in [0.25, 0.3) is 0 Å². The Labute approximate surface area is 95.0 Å². The van der Waals surface area contributed by atoms with Gasteiger partial charge in [-0.05, 0) is 42.4 Å². The summed E-state index contributed by atoms with van der Waals surface area (Å²) in [6.45, 7) is 0. The Morgan fingerprint density at radius 1 is 1.38 bits per heavy atom. The second-order valence-electron chi connectivity index (χ2n) is 4.12. The number of ether oxygens (including phenoxy) is 1. The highest BCUT2D eigenvalue weighted by Gasteiger charge is 2.23. The molecular formula is C13H16O3. The maximum atomic E-state index is 11.3. The van der Waals surface area contributed by atoms with Crippen LogP contribution < -0.4 is 0 Å². The molecule has 1 unspecified atom stereocenters. The maximum Gasteiger partial charge on any atom is 0.339 e. The molecule has 0 aliphatic heterocycles. The van der Waals surface area contributed by atoms with Crippen molar-refractivity contribution in [3.63, 3.8) is 0 Å². The number of aliphatic hydroxyl groups is 1. The summed E-state index contributed by atoms with van der Waals surface area (Å²) in [6, 6.07) is 5.78. The minimum Gasteiger partial charge on any atom is -0.467 e. The van der Waals surface area contributed by atoms with Crippen molar-refractivity contribution in [2.24, 2.45) is 0 Å². The van der Waals surface area contributed by atoms with E-state index < -0.39 is 12.1 Å². The van der Waals surface area contributed by atoms with Gasteiger partial charge in [0, 0.05) is 0 Å². The molecule has 0 heterocycles. The predicted molar refractivity (Wildman–Crippen MR) is 60.1 cm³/mol. The van der Waals surface area contributed by atoms with Crippen molar-refractivity contribution in [1.82, 2.24) is 0 Å². The van der Waals surface area contributed by atoms with Gasteiger partial charge in [-0.1, -0.05) is 18.2 Å². The number of esters is 1. The normalized spacial score (nSPS) is 16.4. The Bertz CT molecular complexity index is 398. The monoisotopic (exact) mass is 220 g/mol. The van der Waals surface area contributed by atoms with E-state index in [2.05, 4.69) is 10.8 Å². The van der Waals surface area contributed by atoms with Crippen LogP contribution >= 0.6 is 0 Å². The van der Waals surface area contributed by atoms with E-state index in [0.29, 0.717) is 5.56 Å². The van der Waals surface area contributed by atoms with Crippen LogP contribution in [-0.4, -0.2) is 18.2 Å². The summed E-state index contributed by atoms with van der Waals surface area (Å²) >= 11 is 0. The van der Waals surface area contributed by atoms with Crippen molar-refractivity contribution in [2.45, 2.75) is 31.8 Å². The van der Waals surface area contributed by atoms with Crippen molar-refractivity contribution >= 4 is 5.97 Å². The minimum atomic E-state index is -1.14. The Morgan fingerprint density at radius 2 is 2.12 bits per heavy atom. The summed E-state index contributed by atoms with van der Waals surface area (Å²) in [4.78, 5) is 11.3. The number of rotatable bonds is 2. The molecule has 1 aliphatic carbocycles. The highest BCUT2D eigenvalue weighted by Crippen LogP contribution is 2.28. The first-order valence-electron chi connectivity index (χ1n) is 5.60.